The lowest BCUT2D eigenvalue weighted by molar-refractivity contribution is 0.0787. The monoisotopic (exact) mass is 230 g/mol. The van der Waals surface area contributed by atoms with Crippen LogP contribution in [0.4, 0.5) is 0 Å². The minimum absolute atomic E-state index is 0.590. The van der Waals surface area contributed by atoms with Crippen LogP contribution in [0, 0.1) is 0 Å². The van der Waals surface area contributed by atoms with Crippen molar-refractivity contribution in [2.45, 2.75) is 26.1 Å². The number of aliphatic hydroxyl groups is 1. The zero-order chi connectivity index (χ0) is 12.5. The van der Waals surface area contributed by atoms with Crippen molar-refractivity contribution in [1.82, 2.24) is 0 Å². The summed E-state index contributed by atoms with van der Waals surface area (Å²) in [6.45, 7) is 4.19. The van der Waals surface area contributed by atoms with Crippen molar-refractivity contribution in [2.24, 2.45) is 0 Å². The van der Waals surface area contributed by atoms with E-state index in [1.807, 2.05) is 24.3 Å². The number of ether oxygens (including phenoxy) is 1. The Bertz CT molecular complexity index is 524. The summed E-state index contributed by atoms with van der Waals surface area (Å²) in [5.41, 5.74) is 1.26. The van der Waals surface area contributed by atoms with Gasteiger partial charge in [-0.1, -0.05) is 30.3 Å². The fourth-order valence-electron chi connectivity index (χ4n) is 2.00. The van der Waals surface area contributed by atoms with Crippen molar-refractivity contribution < 1.29 is 9.84 Å². The van der Waals surface area contributed by atoms with Crippen LogP contribution in [0.1, 0.15) is 25.0 Å². The van der Waals surface area contributed by atoms with Gasteiger partial charge >= 0.3 is 0 Å². The Balaban J connectivity index is 2.61. The number of fused-ring (bicyclic) bond motifs is 1. The smallest absolute Gasteiger partial charge is 0.0840 e. The molecule has 17 heavy (non-hydrogen) atoms. The van der Waals surface area contributed by atoms with Gasteiger partial charge in [0.15, 0.2) is 0 Å². The Hall–Kier alpha value is -1.38. The van der Waals surface area contributed by atoms with Gasteiger partial charge in [0, 0.05) is 7.11 Å². The number of hydrogen-bond donors (Lipinski definition) is 1. The summed E-state index contributed by atoms with van der Waals surface area (Å²) in [4.78, 5) is 0. The second-order valence-electron chi connectivity index (χ2n) is 4.85. The zero-order valence-electron chi connectivity index (χ0n) is 10.5. The summed E-state index contributed by atoms with van der Waals surface area (Å²) in [6.07, 6.45) is 0. The Labute approximate surface area is 102 Å². The molecule has 0 heterocycles. The van der Waals surface area contributed by atoms with E-state index in [0.29, 0.717) is 6.61 Å². The molecule has 0 fully saturated rings. The molecule has 0 spiro atoms. The lowest BCUT2D eigenvalue weighted by Crippen LogP contribution is -2.15. The molecular weight excluding hydrogens is 212 g/mol. The molecule has 2 aromatic rings. The fraction of sp³-hybridized carbons (Fsp3) is 0.333. The van der Waals surface area contributed by atoms with E-state index >= 15 is 0 Å². The van der Waals surface area contributed by atoms with Crippen LogP contribution in [0.15, 0.2) is 36.4 Å². The number of benzene rings is 2. The van der Waals surface area contributed by atoms with Crippen LogP contribution in [0.5, 0.6) is 0 Å². The first kappa shape index (κ1) is 12.1. The summed E-state index contributed by atoms with van der Waals surface area (Å²) >= 11 is 0. The molecule has 2 nitrogen and oxygen atoms in total. The van der Waals surface area contributed by atoms with Crippen LogP contribution in [-0.2, 0) is 16.9 Å². The van der Waals surface area contributed by atoms with E-state index in [1.54, 1.807) is 21.0 Å². The van der Waals surface area contributed by atoms with E-state index in [0.717, 1.165) is 16.5 Å². The SMILES string of the molecule is COCc1cccc2ccc(C(C)(C)O)cc12. The first-order valence-corrected chi connectivity index (χ1v) is 5.76. The summed E-state index contributed by atoms with van der Waals surface area (Å²) < 4.78 is 5.20. The minimum atomic E-state index is -0.811. The Morgan fingerprint density at radius 2 is 1.94 bits per heavy atom. The first-order valence-electron chi connectivity index (χ1n) is 5.76. The van der Waals surface area contributed by atoms with Crippen LogP contribution in [-0.4, -0.2) is 12.2 Å². The molecular formula is C15H18O2. The van der Waals surface area contributed by atoms with E-state index in [1.165, 1.54) is 5.39 Å². The first-order chi connectivity index (χ1) is 8.02. The van der Waals surface area contributed by atoms with Crippen LogP contribution in [0.2, 0.25) is 0 Å². The van der Waals surface area contributed by atoms with Crippen molar-refractivity contribution in [3.05, 3.63) is 47.5 Å². The maximum atomic E-state index is 10.0. The molecule has 2 aromatic carbocycles. The second kappa shape index (κ2) is 4.47. The minimum Gasteiger partial charge on any atom is -0.386 e. The summed E-state index contributed by atoms with van der Waals surface area (Å²) in [7, 11) is 1.69. The van der Waals surface area contributed by atoms with Crippen molar-refractivity contribution in [2.75, 3.05) is 7.11 Å². The lowest BCUT2D eigenvalue weighted by atomic mass is 9.94. The highest BCUT2D eigenvalue weighted by atomic mass is 16.5. The average Bonchev–Trinajstić information content (AvgIpc) is 2.28. The third-order valence-electron chi connectivity index (χ3n) is 2.98. The predicted octanol–water partition coefficient (Wildman–Crippen LogP) is 3.21. The molecule has 0 saturated carbocycles. The van der Waals surface area contributed by atoms with E-state index in [2.05, 4.69) is 12.1 Å². The van der Waals surface area contributed by atoms with Crippen molar-refractivity contribution in [3.8, 4) is 0 Å². The molecule has 2 heteroatoms. The van der Waals surface area contributed by atoms with Crippen LogP contribution >= 0.6 is 0 Å². The maximum absolute atomic E-state index is 10.0. The van der Waals surface area contributed by atoms with Gasteiger partial charge < -0.3 is 9.84 Å². The van der Waals surface area contributed by atoms with Gasteiger partial charge in [0.05, 0.1) is 12.2 Å². The highest BCUT2D eigenvalue weighted by Crippen LogP contribution is 2.26. The average molecular weight is 230 g/mol. The van der Waals surface area contributed by atoms with Crippen LogP contribution < -0.4 is 0 Å². The van der Waals surface area contributed by atoms with Gasteiger partial charge in [-0.05, 0) is 41.8 Å². The standard InChI is InChI=1S/C15H18O2/c1-15(2,16)13-8-7-11-5-4-6-12(10-17-3)14(11)9-13/h4-9,16H,10H2,1-3H3. The topological polar surface area (TPSA) is 29.5 Å². The molecule has 0 amide bonds. The van der Waals surface area contributed by atoms with Gasteiger partial charge in [0.1, 0.15) is 0 Å². The van der Waals surface area contributed by atoms with Crippen molar-refractivity contribution in [3.63, 3.8) is 0 Å². The van der Waals surface area contributed by atoms with E-state index in [4.69, 9.17) is 4.74 Å². The van der Waals surface area contributed by atoms with Crippen LogP contribution in [0.3, 0.4) is 0 Å². The highest BCUT2D eigenvalue weighted by Gasteiger charge is 2.16. The Morgan fingerprint density at radius 3 is 2.59 bits per heavy atom. The molecule has 0 aliphatic rings. The van der Waals surface area contributed by atoms with Gasteiger partial charge in [0.2, 0.25) is 0 Å². The van der Waals surface area contributed by atoms with E-state index in [9.17, 15) is 5.11 Å². The van der Waals surface area contributed by atoms with E-state index < -0.39 is 5.60 Å². The Morgan fingerprint density at radius 1 is 1.18 bits per heavy atom. The molecule has 1 N–H and O–H groups in total. The summed E-state index contributed by atoms with van der Waals surface area (Å²) in [5, 5.41) is 12.4. The summed E-state index contributed by atoms with van der Waals surface area (Å²) in [6, 6.07) is 12.2. The normalized spacial score (nSPS) is 12.0. The molecule has 0 saturated heterocycles. The van der Waals surface area contributed by atoms with Gasteiger partial charge in [-0.25, -0.2) is 0 Å². The summed E-state index contributed by atoms with van der Waals surface area (Å²) in [5.74, 6) is 0. The predicted molar refractivity (Wildman–Crippen MR) is 69.9 cm³/mol. The number of rotatable bonds is 3. The van der Waals surface area contributed by atoms with Crippen molar-refractivity contribution >= 4 is 10.8 Å². The third-order valence-corrected chi connectivity index (χ3v) is 2.98. The molecule has 90 valence electrons. The molecule has 0 bridgehead atoms. The molecule has 2 rings (SSSR count). The molecule has 0 atom stereocenters. The maximum Gasteiger partial charge on any atom is 0.0840 e. The second-order valence-corrected chi connectivity index (χ2v) is 4.85. The molecule has 0 aliphatic carbocycles. The van der Waals surface area contributed by atoms with Gasteiger partial charge in [-0.2, -0.15) is 0 Å². The van der Waals surface area contributed by atoms with Crippen LogP contribution in [0.25, 0.3) is 10.8 Å². The van der Waals surface area contributed by atoms with Crippen molar-refractivity contribution in [1.29, 1.82) is 0 Å². The highest BCUT2D eigenvalue weighted by molar-refractivity contribution is 5.86. The van der Waals surface area contributed by atoms with Gasteiger partial charge in [0.25, 0.3) is 0 Å². The quantitative estimate of drug-likeness (QED) is 0.877. The lowest BCUT2D eigenvalue weighted by Gasteiger charge is -2.19. The molecule has 0 unspecified atom stereocenters. The molecule has 0 radical (unpaired) electrons. The molecule has 0 aromatic heterocycles. The number of methoxy groups -OCH3 is 1. The fourth-order valence-corrected chi connectivity index (χ4v) is 2.00. The zero-order valence-corrected chi connectivity index (χ0v) is 10.5. The number of hydrogen-bond acceptors (Lipinski definition) is 2. The largest absolute Gasteiger partial charge is 0.386 e. The third kappa shape index (κ3) is 2.48. The van der Waals surface area contributed by atoms with Gasteiger partial charge in [-0.3, -0.25) is 0 Å². The van der Waals surface area contributed by atoms with Gasteiger partial charge in [-0.15, -0.1) is 0 Å². The molecule has 0 aliphatic heterocycles. The van der Waals surface area contributed by atoms with E-state index in [-0.39, 0.29) is 0 Å². The Kier molecular flexibility index (Phi) is 3.18.